The highest BCUT2D eigenvalue weighted by Crippen LogP contribution is 2.34. The smallest absolute Gasteiger partial charge is 0.417 e. The van der Waals surface area contributed by atoms with Crippen molar-refractivity contribution >= 4 is 34.8 Å². The van der Waals surface area contributed by atoms with Crippen molar-refractivity contribution in [2.45, 2.75) is 32.5 Å². The lowest BCUT2D eigenvalue weighted by Crippen LogP contribution is -2.16. The lowest BCUT2D eigenvalue weighted by molar-refractivity contribution is -0.147. The van der Waals surface area contributed by atoms with Crippen LogP contribution < -0.4 is 4.74 Å². The van der Waals surface area contributed by atoms with Crippen LogP contribution in [-0.2, 0) is 22.3 Å². The Hall–Kier alpha value is -2.45. The second-order valence-electron chi connectivity index (χ2n) is 6.75. The molecule has 2 aromatic heterocycles. The highest BCUT2D eigenvalue weighted by atomic mass is 35.5. The standard InChI is InChI=1S/C20H17Cl2F3N2O3/c1-11(2)18-15(9-30-17(28)10-29-16-6-4-3-5-13(16)21)27-8-12(20(23,24)25)7-14(22)19(27)26-18/h3-8,11H,9-10H2,1-2H3. The lowest BCUT2D eigenvalue weighted by Gasteiger charge is -2.12. The van der Waals surface area contributed by atoms with Gasteiger partial charge in [0.1, 0.15) is 12.4 Å². The highest BCUT2D eigenvalue weighted by Gasteiger charge is 2.32. The number of esters is 1. The van der Waals surface area contributed by atoms with E-state index in [2.05, 4.69) is 4.98 Å². The number of aromatic nitrogens is 2. The van der Waals surface area contributed by atoms with E-state index in [-0.39, 0.29) is 23.2 Å². The molecule has 0 aliphatic heterocycles. The van der Waals surface area contributed by atoms with Gasteiger partial charge in [-0.1, -0.05) is 49.2 Å². The summed E-state index contributed by atoms with van der Waals surface area (Å²) in [4.78, 5) is 16.4. The third-order valence-corrected chi connectivity index (χ3v) is 4.82. The number of imidazole rings is 1. The van der Waals surface area contributed by atoms with Crippen molar-refractivity contribution in [3.63, 3.8) is 0 Å². The van der Waals surface area contributed by atoms with Gasteiger partial charge >= 0.3 is 12.1 Å². The highest BCUT2D eigenvalue weighted by molar-refractivity contribution is 6.33. The normalized spacial score (nSPS) is 11.9. The van der Waals surface area contributed by atoms with E-state index in [1.807, 2.05) is 13.8 Å². The molecule has 2 heterocycles. The summed E-state index contributed by atoms with van der Waals surface area (Å²) in [6.45, 7) is 2.95. The Morgan fingerprint density at radius 2 is 1.90 bits per heavy atom. The third-order valence-electron chi connectivity index (χ3n) is 4.23. The number of hydrogen-bond donors (Lipinski definition) is 0. The molecule has 0 aliphatic rings. The number of halogens is 5. The van der Waals surface area contributed by atoms with Gasteiger partial charge in [0.25, 0.3) is 0 Å². The largest absolute Gasteiger partial charge is 0.480 e. The Morgan fingerprint density at radius 3 is 2.53 bits per heavy atom. The number of carbonyl (C=O) groups excluding carboxylic acids is 1. The summed E-state index contributed by atoms with van der Waals surface area (Å²) in [5.41, 5.74) is 0.0178. The summed E-state index contributed by atoms with van der Waals surface area (Å²) < 4.78 is 51.3. The summed E-state index contributed by atoms with van der Waals surface area (Å²) in [6, 6.07) is 7.43. The minimum absolute atomic E-state index is 0.136. The molecule has 0 unspecified atom stereocenters. The minimum Gasteiger partial charge on any atom is -0.480 e. The number of pyridine rings is 1. The second kappa shape index (κ2) is 8.73. The molecule has 5 nitrogen and oxygen atoms in total. The average molecular weight is 461 g/mol. The van der Waals surface area contributed by atoms with Crippen LogP contribution in [-0.4, -0.2) is 22.0 Å². The number of nitrogens with zero attached hydrogens (tertiary/aromatic N) is 2. The van der Waals surface area contributed by atoms with Crippen LogP contribution in [0.5, 0.6) is 5.75 Å². The number of para-hydroxylation sites is 1. The van der Waals surface area contributed by atoms with Crippen LogP contribution >= 0.6 is 23.2 Å². The van der Waals surface area contributed by atoms with Crippen LogP contribution in [0.1, 0.15) is 36.7 Å². The number of alkyl halides is 3. The molecule has 0 amide bonds. The Kier molecular flexibility index (Phi) is 6.47. The molecule has 10 heteroatoms. The summed E-state index contributed by atoms with van der Waals surface area (Å²) in [6.07, 6.45) is -3.69. The van der Waals surface area contributed by atoms with Gasteiger partial charge in [0, 0.05) is 6.20 Å². The van der Waals surface area contributed by atoms with Gasteiger partial charge in [0.2, 0.25) is 0 Å². The number of carbonyl (C=O) groups is 1. The summed E-state index contributed by atoms with van der Waals surface area (Å²) in [5, 5.41) is 0.190. The number of benzene rings is 1. The predicted octanol–water partition coefficient (Wildman–Crippen LogP) is 5.91. The fraction of sp³-hybridized carbons (Fsp3) is 0.300. The maximum Gasteiger partial charge on any atom is 0.417 e. The van der Waals surface area contributed by atoms with E-state index in [1.54, 1.807) is 24.3 Å². The molecule has 0 saturated carbocycles. The number of hydrogen-bond acceptors (Lipinski definition) is 4. The molecule has 160 valence electrons. The van der Waals surface area contributed by atoms with Crippen molar-refractivity contribution in [1.29, 1.82) is 0 Å². The van der Waals surface area contributed by atoms with Crippen LogP contribution in [0.2, 0.25) is 10.0 Å². The fourth-order valence-corrected chi connectivity index (χ4v) is 3.26. The van der Waals surface area contributed by atoms with Crippen LogP contribution in [0.15, 0.2) is 36.5 Å². The van der Waals surface area contributed by atoms with Gasteiger partial charge in [-0.2, -0.15) is 13.2 Å². The monoisotopic (exact) mass is 460 g/mol. The Bertz CT molecular complexity index is 1080. The maximum absolute atomic E-state index is 13.2. The maximum atomic E-state index is 13.2. The van der Waals surface area contributed by atoms with E-state index in [9.17, 15) is 18.0 Å². The molecule has 1 aromatic carbocycles. The molecule has 30 heavy (non-hydrogen) atoms. The zero-order valence-electron chi connectivity index (χ0n) is 16.0. The molecule has 0 spiro atoms. The van der Waals surface area contributed by atoms with Gasteiger partial charge in [-0.15, -0.1) is 0 Å². The van der Waals surface area contributed by atoms with E-state index in [1.165, 1.54) is 4.40 Å². The van der Waals surface area contributed by atoms with E-state index in [4.69, 9.17) is 32.7 Å². The molecule has 3 rings (SSSR count). The van der Waals surface area contributed by atoms with Gasteiger partial charge in [-0.25, -0.2) is 9.78 Å². The lowest BCUT2D eigenvalue weighted by atomic mass is 10.1. The second-order valence-corrected chi connectivity index (χ2v) is 7.56. The Morgan fingerprint density at radius 1 is 1.20 bits per heavy atom. The van der Waals surface area contributed by atoms with Crippen molar-refractivity contribution in [1.82, 2.24) is 9.38 Å². The van der Waals surface area contributed by atoms with Gasteiger partial charge < -0.3 is 9.47 Å². The summed E-state index contributed by atoms with van der Waals surface area (Å²) >= 11 is 12.0. The topological polar surface area (TPSA) is 52.8 Å². The number of ether oxygens (including phenoxy) is 2. The molecule has 0 aliphatic carbocycles. The first-order valence-electron chi connectivity index (χ1n) is 8.88. The molecule has 0 fully saturated rings. The van der Waals surface area contributed by atoms with Gasteiger partial charge in [-0.05, 0) is 24.1 Å². The number of rotatable bonds is 6. The van der Waals surface area contributed by atoms with E-state index < -0.39 is 24.3 Å². The molecular weight excluding hydrogens is 444 g/mol. The molecule has 0 atom stereocenters. The van der Waals surface area contributed by atoms with Gasteiger partial charge in [0.05, 0.1) is 27.0 Å². The van der Waals surface area contributed by atoms with Crippen molar-refractivity contribution in [2.75, 3.05) is 6.61 Å². The van der Waals surface area contributed by atoms with Crippen LogP contribution in [0.3, 0.4) is 0 Å². The van der Waals surface area contributed by atoms with Crippen molar-refractivity contribution in [3.8, 4) is 5.75 Å². The Labute approximate surface area is 180 Å². The molecule has 3 aromatic rings. The van der Waals surface area contributed by atoms with Gasteiger partial charge in [0.15, 0.2) is 12.3 Å². The van der Waals surface area contributed by atoms with E-state index in [0.717, 1.165) is 12.3 Å². The zero-order chi connectivity index (χ0) is 22.1. The molecular formula is C20H17Cl2F3N2O3. The molecule has 0 bridgehead atoms. The van der Waals surface area contributed by atoms with Crippen molar-refractivity contribution in [2.24, 2.45) is 0 Å². The first-order chi connectivity index (χ1) is 14.1. The average Bonchev–Trinajstić information content (AvgIpc) is 3.04. The summed E-state index contributed by atoms with van der Waals surface area (Å²) in [7, 11) is 0. The SMILES string of the molecule is CC(C)c1nc2c(Cl)cc(C(F)(F)F)cn2c1COC(=O)COc1ccccc1Cl. The zero-order valence-corrected chi connectivity index (χ0v) is 17.5. The predicted molar refractivity (Wildman–Crippen MR) is 106 cm³/mol. The quantitative estimate of drug-likeness (QED) is 0.429. The van der Waals surface area contributed by atoms with Crippen molar-refractivity contribution < 1.29 is 27.4 Å². The molecule has 0 saturated heterocycles. The minimum atomic E-state index is -4.59. The van der Waals surface area contributed by atoms with Gasteiger partial charge in [-0.3, -0.25) is 4.40 Å². The fourth-order valence-electron chi connectivity index (χ4n) is 2.82. The van der Waals surface area contributed by atoms with E-state index in [0.29, 0.717) is 22.2 Å². The first kappa shape index (κ1) is 22.2. The van der Waals surface area contributed by atoms with Crippen LogP contribution in [0.4, 0.5) is 13.2 Å². The number of fused-ring (bicyclic) bond motifs is 1. The third kappa shape index (κ3) is 4.82. The summed E-state index contributed by atoms with van der Waals surface area (Å²) in [5.74, 6) is -0.531. The van der Waals surface area contributed by atoms with Crippen LogP contribution in [0.25, 0.3) is 5.65 Å². The van der Waals surface area contributed by atoms with Crippen LogP contribution in [0, 0.1) is 0 Å². The Balaban J connectivity index is 1.83. The first-order valence-corrected chi connectivity index (χ1v) is 9.64. The van der Waals surface area contributed by atoms with Crippen molar-refractivity contribution in [3.05, 3.63) is 63.5 Å². The van der Waals surface area contributed by atoms with E-state index >= 15 is 0 Å². The molecule has 0 N–H and O–H groups in total. The molecule has 0 radical (unpaired) electrons.